The number of hydrogen-bond acceptors (Lipinski definition) is 6. The first-order valence-electron chi connectivity index (χ1n) is 7.29. The maximum absolute atomic E-state index is 12.4. The Labute approximate surface area is 152 Å². The minimum Gasteiger partial charge on any atom is -0.300 e. The summed E-state index contributed by atoms with van der Waals surface area (Å²) in [5, 5.41) is 14.3. The Morgan fingerprint density at radius 2 is 2.21 bits per heavy atom. The van der Waals surface area contributed by atoms with Crippen LogP contribution >= 0.6 is 34.9 Å². The zero-order valence-electron chi connectivity index (χ0n) is 13.5. The molecule has 126 valence electrons. The molecular weight excluding hydrogens is 362 g/mol. The van der Waals surface area contributed by atoms with Crippen LogP contribution in [0.15, 0.2) is 22.9 Å². The number of rotatable bonds is 4. The minimum atomic E-state index is -0.180. The van der Waals surface area contributed by atoms with E-state index in [2.05, 4.69) is 41.3 Å². The van der Waals surface area contributed by atoms with Crippen molar-refractivity contribution in [2.24, 2.45) is 0 Å². The van der Waals surface area contributed by atoms with Crippen LogP contribution in [0.5, 0.6) is 0 Å². The van der Waals surface area contributed by atoms with E-state index in [0.717, 1.165) is 10.6 Å². The predicted octanol–water partition coefficient (Wildman–Crippen LogP) is 4.06. The van der Waals surface area contributed by atoms with Crippen molar-refractivity contribution >= 4 is 45.9 Å². The second kappa shape index (κ2) is 6.58. The van der Waals surface area contributed by atoms with E-state index in [1.165, 1.54) is 11.3 Å². The fraction of sp³-hybridized carbons (Fsp3) is 0.333. The van der Waals surface area contributed by atoms with Gasteiger partial charge in [0.05, 0.1) is 10.6 Å². The normalized spacial score (nSPS) is 11.6. The molecule has 3 rings (SSSR count). The van der Waals surface area contributed by atoms with Gasteiger partial charge in [-0.15, -0.1) is 22.7 Å². The number of nitrogens with zero attached hydrogens (tertiary/aromatic N) is 3. The van der Waals surface area contributed by atoms with Gasteiger partial charge in [-0.05, 0) is 23.7 Å². The lowest BCUT2D eigenvalue weighted by Crippen LogP contribution is -2.19. The van der Waals surface area contributed by atoms with Crippen LogP contribution in [0.25, 0.3) is 10.7 Å². The van der Waals surface area contributed by atoms with Gasteiger partial charge in [0.25, 0.3) is 0 Å². The van der Waals surface area contributed by atoms with Crippen molar-refractivity contribution in [2.45, 2.75) is 32.7 Å². The maximum atomic E-state index is 12.4. The lowest BCUT2D eigenvalue weighted by atomic mass is 9.93. The van der Waals surface area contributed by atoms with Gasteiger partial charge in [0.15, 0.2) is 15.7 Å². The van der Waals surface area contributed by atoms with Gasteiger partial charge in [-0.25, -0.2) is 4.98 Å². The van der Waals surface area contributed by atoms with Crippen LogP contribution in [0.4, 0.5) is 5.13 Å². The summed E-state index contributed by atoms with van der Waals surface area (Å²) in [6, 6.07) is 3.88. The third kappa shape index (κ3) is 3.63. The van der Waals surface area contributed by atoms with Gasteiger partial charge < -0.3 is 5.32 Å². The smallest absolute Gasteiger partial charge is 0.246 e. The van der Waals surface area contributed by atoms with Crippen molar-refractivity contribution in [3.63, 3.8) is 0 Å². The Hall–Kier alpha value is -1.84. The van der Waals surface area contributed by atoms with Crippen LogP contribution in [0.2, 0.25) is 0 Å². The van der Waals surface area contributed by atoms with E-state index in [1.54, 1.807) is 15.9 Å². The summed E-state index contributed by atoms with van der Waals surface area (Å²) in [6.07, 6.45) is 0. The highest BCUT2D eigenvalue weighted by molar-refractivity contribution is 7.71. The molecule has 0 radical (unpaired) electrons. The van der Waals surface area contributed by atoms with E-state index in [0.29, 0.717) is 15.7 Å². The zero-order chi connectivity index (χ0) is 17.3. The summed E-state index contributed by atoms with van der Waals surface area (Å²) in [4.78, 5) is 17.8. The van der Waals surface area contributed by atoms with Crippen LogP contribution < -0.4 is 5.32 Å². The number of carbonyl (C=O) groups is 1. The molecule has 0 aliphatic carbocycles. The van der Waals surface area contributed by atoms with Crippen molar-refractivity contribution in [3.05, 3.63) is 33.4 Å². The standard InChI is InChI=1S/C15H17N5OS3/c1-15(2,3)10-8-24-13(16-10)17-11(21)7-20-12(18-19-14(20)22)9-5-4-6-23-9/h4-6,8H,7H2,1-3H3,(H,19,22)(H,16,17,21). The number of anilines is 1. The largest absolute Gasteiger partial charge is 0.300 e. The molecular formula is C15H17N5OS3. The van der Waals surface area contributed by atoms with E-state index in [4.69, 9.17) is 12.2 Å². The van der Waals surface area contributed by atoms with Crippen molar-refractivity contribution < 1.29 is 4.79 Å². The van der Waals surface area contributed by atoms with Gasteiger partial charge >= 0.3 is 0 Å². The Balaban J connectivity index is 1.75. The average Bonchev–Trinajstić information content (AvgIpc) is 3.20. The summed E-state index contributed by atoms with van der Waals surface area (Å²) < 4.78 is 2.11. The second-order valence-corrected chi connectivity index (χ2v) is 8.44. The number of hydrogen-bond donors (Lipinski definition) is 2. The molecule has 2 N–H and O–H groups in total. The molecule has 0 aliphatic heterocycles. The van der Waals surface area contributed by atoms with E-state index >= 15 is 0 Å². The molecule has 3 aromatic heterocycles. The highest BCUT2D eigenvalue weighted by Gasteiger charge is 2.19. The number of nitrogens with one attached hydrogen (secondary N) is 2. The third-order valence-corrected chi connectivity index (χ3v) is 5.26. The molecule has 24 heavy (non-hydrogen) atoms. The summed E-state index contributed by atoms with van der Waals surface area (Å²) in [5.74, 6) is 0.486. The third-order valence-electron chi connectivity index (χ3n) is 3.32. The monoisotopic (exact) mass is 379 g/mol. The van der Waals surface area contributed by atoms with Crippen molar-refractivity contribution in [2.75, 3.05) is 5.32 Å². The summed E-state index contributed by atoms with van der Waals surface area (Å²) in [7, 11) is 0. The molecule has 0 saturated carbocycles. The van der Waals surface area contributed by atoms with E-state index < -0.39 is 0 Å². The number of aromatic amines is 1. The first-order chi connectivity index (χ1) is 11.3. The highest BCUT2D eigenvalue weighted by atomic mass is 32.1. The number of carbonyl (C=O) groups excluding carboxylic acids is 1. The Morgan fingerprint density at radius 1 is 1.42 bits per heavy atom. The van der Waals surface area contributed by atoms with E-state index in [9.17, 15) is 4.79 Å². The molecule has 3 heterocycles. The molecule has 0 spiro atoms. The van der Waals surface area contributed by atoms with Crippen molar-refractivity contribution in [1.82, 2.24) is 19.7 Å². The quantitative estimate of drug-likeness (QED) is 0.670. The Morgan fingerprint density at radius 3 is 2.83 bits per heavy atom. The molecule has 6 nitrogen and oxygen atoms in total. The Bertz CT molecular complexity index is 898. The van der Waals surface area contributed by atoms with Crippen molar-refractivity contribution in [3.8, 4) is 10.7 Å². The molecule has 0 bridgehead atoms. The van der Waals surface area contributed by atoms with E-state index in [1.807, 2.05) is 22.9 Å². The number of aromatic nitrogens is 4. The second-order valence-electron chi connectivity index (χ2n) is 6.25. The number of thiophene rings is 1. The van der Waals surface area contributed by atoms with Crippen LogP contribution in [0.1, 0.15) is 26.5 Å². The van der Waals surface area contributed by atoms with Crippen LogP contribution in [0, 0.1) is 4.77 Å². The first kappa shape index (κ1) is 17.0. The molecule has 0 aromatic carbocycles. The summed E-state index contributed by atoms with van der Waals surface area (Å²) in [6.45, 7) is 6.36. The molecule has 0 aliphatic rings. The summed E-state index contributed by atoms with van der Waals surface area (Å²) in [5.41, 5.74) is 0.917. The number of H-pyrrole nitrogens is 1. The Kier molecular flexibility index (Phi) is 4.66. The first-order valence-corrected chi connectivity index (χ1v) is 9.46. The zero-order valence-corrected chi connectivity index (χ0v) is 15.9. The highest BCUT2D eigenvalue weighted by Crippen LogP contribution is 2.26. The summed E-state index contributed by atoms with van der Waals surface area (Å²) >= 11 is 8.21. The predicted molar refractivity (Wildman–Crippen MR) is 100 cm³/mol. The molecule has 0 atom stereocenters. The van der Waals surface area contributed by atoms with Gasteiger partial charge in [-0.3, -0.25) is 14.5 Å². The van der Waals surface area contributed by atoms with Gasteiger partial charge in [-0.1, -0.05) is 26.8 Å². The van der Waals surface area contributed by atoms with Gasteiger partial charge in [0, 0.05) is 10.8 Å². The molecule has 3 aromatic rings. The number of amides is 1. The van der Waals surface area contributed by atoms with Gasteiger partial charge in [0.1, 0.15) is 6.54 Å². The molecule has 1 amide bonds. The molecule has 0 unspecified atom stereocenters. The average molecular weight is 380 g/mol. The SMILES string of the molecule is CC(C)(C)c1csc(NC(=O)Cn2c(-c3cccs3)n[nH]c2=S)n1. The molecule has 9 heteroatoms. The lowest BCUT2D eigenvalue weighted by molar-refractivity contribution is -0.116. The topological polar surface area (TPSA) is 75.6 Å². The van der Waals surface area contributed by atoms with Crippen LogP contribution in [-0.4, -0.2) is 25.7 Å². The minimum absolute atomic E-state index is 0.0427. The van der Waals surface area contributed by atoms with Gasteiger partial charge in [-0.2, -0.15) is 5.10 Å². The van der Waals surface area contributed by atoms with Crippen LogP contribution in [0.3, 0.4) is 0 Å². The van der Waals surface area contributed by atoms with Gasteiger partial charge in [0.2, 0.25) is 5.91 Å². The van der Waals surface area contributed by atoms with E-state index in [-0.39, 0.29) is 17.9 Å². The van der Waals surface area contributed by atoms with Crippen LogP contribution in [-0.2, 0) is 16.8 Å². The maximum Gasteiger partial charge on any atom is 0.246 e. The fourth-order valence-corrected chi connectivity index (χ4v) is 3.91. The number of thiazole rings is 1. The fourth-order valence-electron chi connectivity index (χ4n) is 2.04. The van der Waals surface area contributed by atoms with Crippen molar-refractivity contribution in [1.29, 1.82) is 0 Å². The molecule has 0 fully saturated rings. The lowest BCUT2D eigenvalue weighted by Gasteiger charge is -2.14. The molecule has 0 saturated heterocycles.